The second-order valence-electron chi connectivity index (χ2n) is 3.60. The standard InChI is InChI=1S/C11H11N3O3S/c1-6-2-10(12)14-11(13-6)18-5-7-3-8(15)9(16)4-17-7/h2-4,16H,5H2,1H3,(H2,12,13,14). The Morgan fingerprint density at radius 1 is 1.44 bits per heavy atom. The van der Waals surface area contributed by atoms with E-state index < -0.39 is 11.2 Å². The van der Waals surface area contributed by atoms with Gasteiger partial charge < -0.3 is 15.3 Å². The highest BCUT2D eigenvalue weighted by atomic mass is 32.2. The molecule has 0 aliphatic carbocycles. The van der Waals surface area contributed by atoms with E-state index in [1.807, 2.05) is 6.92 Å². The molecule has 2 aromatic rings. The minimum Gasteiger partial charge on any atom is -0.502 e. The summed E-state index contributed by atoms with van der Waals surface area (Å²) < 4.78 is 5.06. The molecule has 0 aromatic carbocycles. The quantitative estimate of drug-likeness (QED) is 0.637. The van der Waals surface area contributed by atoms with Gasteiger partial charge in [-0.2, -0.15) is 0 Å². The summed E-state index contributed by atoms with van der Waals surface area (Å²) in [6, 6.07) is 2.91. The van der Waals surface area contributed by atoms with Crippen LogP contribution >= 0.6 is 11.8 Å². The Hall–Kier alpha value is -2.02. The predicted molar refractivity (Wildman–Crippen MR) is 67.4 cm³/mol. The zero-order valence-corrected chi connectivity index (χ0v) is 10.4. The van der Waals surface area contributed by atoms with Crippen molar-refractivity contribution in [3.8, 4) is 5.75 Å². The van der Waals surface area contributed by atoms with Gasteiger partial charge in [-0.3, -0.25) is 4.79 Å². The van der Waals surface area contributed by atoms with Crippen LogP contribution in [0.15, 0.2) is 32.8 Å². The summed E-state index contributed by atoms with van der Waals surface area (Å²) in [5.41, 5.74) is 5.91. The van der Waals surface area contributed by atoms with Crippen molar-refractivity contribution in [2.45, 2.75) is 17.8 Å². The molecule has 0 amide bonds. The number of nitrogens with zero attached hydrogens (tertiary/aromatic N) is 2. The van der Waals surface area contributed by atoms with Crippen molar-refractivity contribution in [3.63, 3.8) is 0 Å². The second kappa shape index (κ2) is 5.09. The van der Waals surface area contributed by atoms with Crippen molar-refractivity contribution in [3.05, 3.63) is 40.1 Å². The molecule has 2 heterocycles. The largest absolute Gasteiger partial charge is 0.502 e. The van der Waals surface area contributed by atoms with Gasteiger partial charge in [-0.15, -0.1) is 0 Å². The van der Waals surface area contributed by atoms with E-state index in [1.165, 1.54) is 17.8 Å². The third kappa shape index (κ3) is 3.01. The first-order valence-corrected chi connectivity index (χ1v) is 6.08. The molecule has 0 aliphatic heterocycles. The van der Waals surface area contributed by atoms with Crippen LogP contribution in [0.4, 0.5) is 5.82 Å². The maximum Gasteiger partial charge on any atom is 0.226 e. The molecule has 18 heavy (non-hydrogen) atoms. The monoisotopic (exact) mass is 265 g/mol. The smallest absolute Gasteiger partial charge is 0.226 e. The highest BCUT2D eigenvalue weighted by molar-refractivity contribution is 7.98. The van der Waals surface area contributed by atoms with Crippen LogP contribution in [0.3, 0.4) is 0 Å². The number of thioether (sulfide) groups is 1. The van der Waals surface area contributed by atoms with E-state index in [4.69, 9.17) is 15.3 Å². The summed E-state index contributed by atoms with van der Waals surface area (Å²) >= 11 is 1.30. The van der Waals surface area contributed by atoms with Gasteiger partial charge in [-0.1, -0.05) is 11.8 Å². The number of hydrogen-bond acceptors (Lipinski definition) is 7. The molecule has 0 fully saturated rings. The lowest BCUT2D eigenvalue weighted by atomic mass is 10.4. The zero-order valence-electron chi connectivity index (χ0n) is 9.58. The molecule has 0 atom stereocenters. The topological polar surface area (TPSA) is 102 Å². The van der Waals surface area contributed by atoms with Crippen LogP contribution in [0.2, 0.25) is 0 Å². The van der Waals surface area contributed by atoms with Gasteiger partial charge in [0.25, 0.3) is 0 Å². The Morgan fingerprint density at radius 3 is 2.89 bits per heavy atom. The van der Waals surface area contributed by atoms with Gasteiger partial charge in [0.1, 0.15) is 17.8 Å². The lowest BCUT2D eigenvalue weighted by Gasteiger charge is -2.02. The first-order valence-electron chi connectivity index (χ1n) is 5.09. The third-order valence-corrected chi connectivity index (χ3v) is 2.93. The van der Waals surface area contributed by atoms with Crippen molar-refractivity contribution in [1.82, 2.24) is 9.97 Å². The first kappa shape index (κ1) is 12.4. The Kier molecular flexibility index (Phi) is 3.52. The molecular weight excluding hydrogens is 254 g/mol. The minimum absolute atomic E-state index is 0.387. The Morgan fingerprint density at radius 2 is 2.22 bits per heavy atom. The Bertz CT molecular complexity index is 607. The van der Waals surface area contributed by atoms with Gasteiger partial charge in [-0.25, -0.2) is 9.97 Å². The molecule has 2 rings (SSSR count). The van der Waals surface area contributed by atoms with Gasteiger partial charge in [0, 0.05) is 17.8 Å². The van der Waals surface area contributed by atoms with Crippen molar-refractivity contribution in [2.75, 3.05) is 5.73 Å². The summed E-state index contributed by atoms with van der Waals surface area (Å²) in [5, 5.41) is 9.56. The molecule has 6 nitrogen and oxygen atoms in total. The van der Waals surface area contributed by atoms with Gasteiger partial charge in [0.2, 0.25) is 5.43 Å². The molecule has 0 radical (unpaired) electrons. The highest BCUT2D eigenvalue weighted by Crippen LogP contribution is 2.20. The van der Waals surface area contributed by atoms with E-state index in [0.717, 1.165) is 12.0 Å². The van der Waals surface area contributed by atoms with Crippen LogP contribution in [0.5, 0.6) is 5.75 Å². The van der Waals surface area contributed by atoms with E-state index in [-0.39, 0.29) is 0 Å². The van der Waals surface area contributed by atoms with E-state index in [1.54, 1.807) is 6.07 Å². The normalized spacial score (nSPS) is 10.5. The summed E-state index contributed by atoms with van der Waals surface area (Å²) in [7, 11) is 0. The second-order valence-corrected chi connectivity index (χ2v) is 4.54. The summed E-state index contributed by atoms with van der Waals surface area (Å²) in [6.45, 7) is 1.82. The van der Waals surface area contributed by atoms with E-state index >= 15 is 0 Å². The van der Waals surface area contributed by atoms with Crippen LogP contribution < -0.4 is 11.2 Å². The molecule has 0 saturated carbocycles. The maximum absolute atomic E-state index is 11.2. The number of aryl methyl sites for hydroxylation is 1. The molecule has 0 unspecified atom stereocenters. The lowest BCUT2D eigenvalue weighted by molar-refractivity contribution is 0.419. The fourth-order valence-corrected chi connectivity index (χ4v) is 2.09. The number of nitrogen functional groups attached to an aromatic ring is 1. The number of hydrogen-bond donors (Lipinski definition) is 2. The molecule has 0 spiro atoms. The van der Waals surface area contributed by atoms with Crippen molar-refractivity contribution in [1.29, 1.82) is 0 Å². The van der Waals surface area contributed by atoms with Gasteiger partial charge in [-0.05, 0) is 6.92 Å². The van der Waals surface area contributed by atoms with Crippen LogP contribution in [-0.2, 0) is 5.75 Å². The number of anilines is 1. The van der Waals surface area contributed by atoms with Gasteiger partial charge in [0.15, 0.2) is 10.9 Å². The fraction of sp³-hybridized carbons (Fsp3) is 0.182. The number of rotatable bonds is 3. The average molecular weight is 265 g/mol. The minimum atomic E-state index is -0.471. The fourth-order valence-electron chi connectivity index (χ4n) is 1.28. The molecule has 2 aromatic heterocycles. The predicted octanol–water partition coefficient (Wildman–Crippen LogP) is 1.32. The van der Waals surface area contributed by atoms with Gasteiger partial charge in [0.05, 0.1) is 5.75 Å². The Labute approximate surface area is 107 Å². The molecule has 0 aliphatic rings. The molecule has 7 heteroatoms. The molecule has 94 valence electrons. The summed E-state index contributed by atoms with van der Waals surface area (Å²) in [4.78, 5) is 19.4. The third-order valence-electron chi connectivity index (χ3n) is 2.06. The number of aromatic nitrogens is 2. The van der Waals surface area contributed by atoms with Crippen LogP contribution in [0.25, 0.3) is 0 Å². The van der Waals surface area contributed by atoms with E-state index in [9.17, 15) is 4.79 Å². The van der Waals surface area contributed by atoms with E-state index in [0.29, 0.717) is 22.5 Å². The molecule has 0 bridgehead atoms. The average Bonchev–Trinajstić information content (AvgIpc) is 2.29. The van der Waals surface area contributed by atoms with Crippen molar-refractivity contribution >= 4 is 17.6 Å². The Balaban J connectivity index is 2.11. The van der Waals surface area contributed by atoms with E-state index in [2.05, 4.69) is 9.97 Å². The van der Waals surface area contributed by atoms with Crippen molar-refractivity contribution in [2.24, 2.45) is 0 Å². The van der Waals surface area contributed by atoms with Crippen molar-refractivity contribution < 1.29 is 9.52 Å². The first-order chi connectivity index (χ1) is 8.54. The summed E-state index contributed by atoms with van der Waals surface area (Å²) in [6.07, 6.45) is 1.02. The zero-order chi connectivity index (χ0) is 13.1. The lowest BCUT2D eigenvalue weighted by Crippen LogP contribution is -2.00. The van der Waals surface area contributed by atoms with Crippen LogP contribution in [0.1, 0.15) is 11.5 Å². The molecule has 3 N–H and O–H groups in total. The molecule has 0 saturated heterocycles. The summed E-state index contributed by atoms with van der Waals surface area (Å²) in [5.74, 6) is 0.821. The highest BCUT2D eigenvalue weighted by Gasteiger charge is 2.05. The molecular formula is C11H11N3O3S. The van der Waals surface area contributed by atoms with Crippen LogP contribution in [-0.4, -0.2) is 15.1 Å². The van der Waals surface area contributed by atoms with Crippen LogP contribution in [0, 0.1) is 6.92 Å². The maximum atomic E-state index is 11.2. The number of aromatic hydroxyl groups is 1. The number of nitrogens with two attached hydrogens (primary N) is 1. The SMILES string of the molecule is Cc1cc(N)nc(SCc2cc(=O)c(O)co2)n1. The van der Waals surface area contributed by atoms with Gasteiger partial charge >= 0.3 is 0 Å².